The molecular weight excluding hydrogens is 360 g/mol. The summed E-state index contributed by atoms with van der Waals surface area (Å²) in [6.07, 6.45) is 8.07. The average Bonchev–Trinajstić information content (AvgIpc) is 3.29. The standard InChI is InChI=1S/C24H30N4O/c25-15-21-9-8-18(14-20(21)10-12-26-17-22-6-3-13-29-22)16-28-23-7-1-4-19-5-2-11-27-24(19)23/h2-3,5-6,8-9,11,13-14,23,26,28H,1,4,7,10,12,15-17,25H2. The number of nitrogens with two attached hydrogens (primary N) is 1. The van der Waals surface area contributed by atoms with Gasteiger partial charge in [0, 0.05) is 19.3 Å². The van der Waals surface area contributed by atoms with E-state index in [1.165, 1.54) is 34.4 Å². The molecule has 2 aromatic heterocycles. The van der Waals surface area contributed by atoms with Crippen molar-refractivity contribution in [2.75, 3.05) is 6.54 Å². The van der Waals surface area contributed by atoms with Gasteiger partial charge in [0.05, 0.1) is 24.5 Å². The van der Waals surface area contributed by atoms with E-state index in [-0.39, 0.29) is 0 Å². The first kappa shape index (κ1) is 19.8. The molecule has 4 N–H and O–H groups in total. The maximum Gasteiger partial charge on any atom is 0.117 e. The molecule has 0 saturated heterocycles. The van der Waals surface area contributed by atoms with E-state index in [0.717, 1.165) is 44.7 Å². The molecule has 3 aromatic rings. The predicted molar refractivity (Wildman–Crippen MR) is 115 cm³/mol. The van der Waals surface area contributed by atoms with Gasteiger partial charge in [-0.15, -0.1) is 0 Å². The van der Waals surface area contributed by atoms with Gasteiger partial charge in [0.25, 0.3) is 0 Å². The molecule has 152 valence electrons. The van der Waals surface area contributed by atoms with E-state index in [1.807, 2.05) is 24.4 Å². The smallest absolute Gasteiger partial charge is 0.117 e. The summed E-state index contributed by atoms with van der Waals surface area (Å²) < 4.78 is 5.37. The van der Waals surface area contributed by atoms with Crippen molar-refractivity contribution in [1.82, 2.24) is 15.6 Å². The second-order valence-electron chi connectivity index (χ2n) is 7.69. The molecule has 0 radical (unpaired) electrons. The Bertz CT molecular complexity index is 907. The molecule has 1 aromatic carbocycles. The maximum atomic E-state index is 5.97. The summed E-state index contributed by atoms with van der Waals surface area (Å²) in [5.41, 5.74) is 12.4. The quantitative estimate of drug-likeness (QED) is 0.487. The summed E-state index contributed by atoms with van der Waals surface area (Å²) in [6, 6.07) is 15.2. The van der Waals surface area contributed by atoms with Gasteiger partial charge in [-0.25, -0.2) is 0 Å². The third-order valence-electron chi connectivity index (χ3n) is 5.69. The highest BCUT2D eigenvalue weighted by molar-refractivity contribution is 5.33. The number of benzene rings is 1. The molecule has 2 heterocycles. The highest BCUT2D eigenvalue weighted by Crippen LogP contribution is 2.28. The van der Waals surface area contributed by atoms with Gasteiger partial charge in [-0.05, 0) is 72.7 Å². The zero-order valence-corrected chi connectivity index (χ0v) is 16.9. The number of fused-ring (bicyclic) bond motifs is 1. The first-order chi connectivity index (χ1) is 14.3. The number of aryl methyl sites for hydroxylation is 1. The maximum absolute atomic E-state index is 5.97. The van der Waals surface area contributed by atoms with Crippen molar-refractivity contribution in [3.8, 4) is 0 Å². The number of furan rings is 1. The van der Waals surface area contributed by atoms with Gasteiger partial charge in [-0.3, -0.25) is 4.98 Å². The van der Waals surface area contributed by atoms with Crippen LogP contribution in [0.25, 0.3) is 0 Å². The molecule has 0 saturated carbocycles. The van der Waals surface area contributed by atoms with Crippen LogP contribution in [-0.2, 0) is 32.5 Å². The lowest BCUT2D eigenvalue weighted by molar-refractivity contribution is 0.447. The van der Waals surface area contributed by atoms with Crippen LogP contribution in [0.5, 0.6) is 0 Å². The summed E-state index contributed by atoms with van der Waals surface area (Å²) in [5, 5.41) is 7.17. The normalized spacial score (nSPS) is 16.0. The number of nitrogens with zero attached hydrogens (tertiary/aromatic N) is 1. The van der Waals surface area contributed by atoms with Gasteiger partial charge in [-0.2, -0.15) is 0 Å². The largest absolute Gasteiger partial charge is 0.468 e. The molecule has 1 aliphatic carbocycles. The summed E-state index contributed by atoms with van der Waals surface area (Å²) in [5.74, 6) is 0.961. The van der Waals surface area contributed by atoms with E-state index in [0.29, 0.717) is 12.6 Å². The minimum atomic E-state index is 0.340. The Hall–Kier alpha value is -2.47. The van der Waals surface area contributed by atoms with Crippen LogP contribution >= 0.6 is 0 Å². The van der Waals surface area contributed by atoms with Gasteiger partial charge >= 0.3 is 0 Å². The second-order valence-corrected chi connectivity index (χ2v) is 7.69. The summed E-state index contributed by atoms with van der Waals surface area (Å²) in [4.78, 5) is 4.63. The molecule has 0 spiro atoms. The van der Waals surface area contributed by atoms with Crippen LogP contribution in [0, 0.1) is 0 Å². The Morgan fingerprint density at radius 3 is 2.93 bits per heavy atom. The van der Waals surface area contributed by atoms with Crippen molar-refractivity contribution in [2.45, 2.75) is 51.4 Å². The molecule has 4 rings (SSSR count). The van der Waals surface area contributed by atoms with Crippen molar-refractivity contribution in [1.29, 1.82) is 0 Å². The number of pyridine rings is 1. The molecule has 1 atom stereocenters. The molecular formula is C24H30N4O. The highest BCUT2D eigenvalue weighted by atomic mass is 16.3. The zero-order chi connectivity index (χ0) is 19.9. The minimum absolute atomic E-state index is 0.340. The third kappa shape index (κ3) is 5.12. The topological polar surface area (TPSA) is 76.1 Å². The van der Waals surface area contributed by atoms with Crippen LogP contribution in [0.1, 0.15) is 52.6 Å². The van der Waals surface area contributed by atoms with E-state index in [1.54, 1.807) is 6.26 Å². The molecule has 0 amide bonds. The van der Waals surface area contributed by atoms with Crippen LogP contribution in [0.15, 0.2) is 59.3 Å². The predicted octanol–water partition coefficient (Wildman–Crippen LogP) is 3.63. The van der Waals surface area contributed by atoms with Crippen LogP contribution < -0.4 is 16.4 Å². The van der Waals surface area contributed by atoms with E-state index in [4.69, 9.17) is 10.2 Å². The first-order valence-electron chi connectivity index (χ1n) is 10.5. The van der Waals surface area contributed by atoms with E-state index in [2.05, 4.69) is 39.9 Å². The fourth-order valence-electron chi connectivity index (χ4n) is 4.12. The van der Waals surface area contributed by atoms with Crippen LogP contribution in [-0.4, -0.2) is 11.5 Å². The number of hydrogen-bond donors (Lipinski definition) is 3. The van der Waals surface area contributed by atoms with Crippen molar-refractivity contribution in [3.05, 3.63) is 88.6 Å². The van der Waals surface area contributed by atoms with Crippen LogP contribution in [0.3, 0.4) is 0 Å². The van der Waals surface area contributed by atoms with Gasteiger partial charge in [0.1, 0.15) is 5.76 Å². The van der Waals surface area contributed by atoms with Crippen LogP contribution in [0.2, 0.25) is 0 Å². The van der Waals surface area contributed by atoms with Gasteiger partial charge in [0.15, 0.2) is 0 Å². The minimum Gasteiger partial charge on any atom is -0.468 e. The number of nitrogens with one attached hydrogen (secondary N) is 2. The first-order valence-corrected chi connectivity index (χ1v) is 10.5. The Morgan fingerprint density at radius 2 is 2.07 bits per heavy atom. The van der Waals surface area contributed by atoms with Crippen molar-refractivity contribution in [2.24, 2.45) is 5.73 Å². The number of aromatic nitrogens is 1. The van der Waals surface area contributed by atoms with E-state index < -0.39 is 0 Å². The average molecular weight is 391 g/mol. The third-order valence-corrected chi connectivity index (χ3v) is 5.69. The Kier molecular flexibility index (Phi) is 6.72. The second kappa shape index (κ2) is 9.83. The summed E-state index contributed by atoms with van der Waals surface area (Å²) >= 11 is 0. The molecule has 0 bridgehead atoms. The fourth-order valence-corrected chi connectivity index (χ4v) is 4.12. The molecule has 0 fully saturated rings. The molecule has 5 heteroatoms. The van der Waals surface area contributed by atoms with Crippen LogP contribution in [0.4, 0.5) is 0 Å². The molecule has 29 heavy (non-hydrogen) atoms. The van der Waals surface area contributed by atoms with Crippen molar-refractivity contribution >= 4 is 0 Å². The van der Waals surface area contributed by atoms with Gasteiger partial charge in [-0.1, -0.05) is 24.3 Å². The molecule has 5 nitrogen and oxygen atoms in total. The lowest BCUT2D eigenvalue weighted by Crippen LogP contribution is -2.26. The monoisotopic (exact) mass is 390 g/mol. The Labute approximate surface area is 172 Å². The fraction of sp³-hybridized carbons (Fsp3) is 0.375. The zero-order valence-electron chi connectivity index (χ0n) is 16.9. The lowest BCUT2D eigenvalue weighted by Gasteiger charge is -2.25. The SMILES string of the molecule is NCc1ccc(CNC2CCCc3cccnc32)cc1CCNCc1ccco1. The highest BCUT2D eigenvalue weighted by Gasteiger charge is 2.20. The lowest BCUT2D eigenvalue weighted by atomic mass is 9.91. The molecule has 1 aliphatic rings. The Morgan fingerprint density at radius 1 is 1.10 bits per heavy atom. The number of rotatable bonds is 9. The van der Waals surface area contributed by atoms with Crippen molar-refractivity contribution in [3.63, 3.8) is 0 Å². The molecule has 1 unspecified atom stereocenters. The van der Waals surface area contributed by atoms with Gasteiger partial charge in [0.2, 0.25) is 0 Å². The number of hydrogen-bond acceptors (Lipinski definition) is 5. The van der Waals surface area contributed by atoms with E-state index >= 15 is 0 Å². The summed E-state index contributed by atoms with van der Waals surface area (Å²) in [7, 11) is 0. The molecule has 0 aliphatic heterocycles. The van der Waals surface area contributed by atoms with Gasteiger partial charge < -0.3 is 20.8 Å². The van der Waals surface area contributed by atoms with E-state index in [9.17, 15) is 0 Å². The Balaban J connectivity index is 1.35. The van der Waals surface area contributed by atoms with Crippen molar-refractivity contribution < 1.29 is 4.42 Å². The summed E-state index contributed by atoms with van der Waals surface area (Å²) in [6.45, 7) is 3.06.